The number of nitrogens with zero attached hydrogens (tertiary/aromatic N) is 3. The molecule has 0 unspecified atom stereocenters. The van der Waals surface area contributed by atoms with Crippen LogP contribution in [0, 0.1) is 34.0 Å². The summed E-state index contributed by atoms with van der Waals surface area (Å²) < 4.78 is 44.8. The van der Waals surface area contributed by atoms with Crippen LogP contribution in [0.25, 0.3) is 0 Å². The minimum Gasteiger partial charge on any atom is -0.478 e. The number of aromatic nitrogens is 1. The summed E-state index contributed by atoms with van der Waals surface area (Å²) in [4.78, 5) is 56.5. The lowest BCUT2D eigenvalue weighted by atomic mass is 9.85. The molecule has 6 atom stereocenters. The highest BCUT2D eigenvalue weighted by Crippen LogP contribution is 2.65. The number of alkyl halides is 3. The second-order valence-corrected chi connectivity index (χ2v) is 12.1. The molecule has 2 aliphatic heterocycles. The van der Waals surface area contributed by atoms with Crippen molar-refractivity contribution in [1.82, 2.24) is 20.5 Å². The van der Waals surface area contributed by atoms with Crippen molar-refractivity contribution in [2.45, 2.75) is 71.4 Å². The molecule has 3 heterocycles. The lowest BCUT2D eigenvalue weighted by molar-refractivity contribution is -0.176. The SMILES string of the molecule is CC(C)(C)[C@H](NC(=O)C(F)(F)F)C(=O)N1C[C@H]2[C@@H]([C@H]1C(=O)N[C@H](C#N)C[C@@H]1Oc3ccncc3NC1=O)C2(C)C. The number of ether oxygens (including phenoxy) is 1. The number of rotatable bonds is 6. The Bertz CT molecular complexity index is 1270. The molecular formula is C26H31F3N6O5. The van der Waals surface area contributed by atoms with Gasteiger partial charge in [0.2, 0.25) is 11.8 Å². The van der Waals surface area contributed by atoms with Crippen LogP contribution in [0.1, 0.15) is 41.0 Å². The first-order valence-corrected chi connectivity index (χ1v) is 12.8. The highest BCUT2D eigenvalue weighted by molar-refractivity contribution is 5.98. The van der Waals surface area contributed by atoms with Gasteiger partial charge in [-0.15, -0.1) is 0 Å². The summed E-state index contributed by atoms with van der Waals surface area (Å²) in [5.74, 6) is -4.31. The number of piperidine rings is 1. The molecule has 2 fully saturated rings. The van der Waals surface area contributed by atoms with E-state index in [-0.39, 0.29) is 30.2 Å². The predicted octanol–water partition coefficient (Wildman–Crippen LogP) is 1.76. The quantitative estimate of drug-likeness (QED) is 0.476. The molecule has 0 aromatic carbocycles. The van der Waals surface area contributed by atoms with Gasteiger partial charge in [0.05, 0.1) is 12.3 Å². The summed E-state index contributed by atoms with van der Waals surface area (Å²) in [6.45, 7) is 8.49. The van der Waals surface area contributed by atoms with Crippen molar-refractivity contribution in [2.75, 3.05) is 11.9 Å². The Morgan fingerprint density at radius 2 is 1.95 bits per heavy atom. The Kier molecular flexibility index (Phi) is 7.23. The summed E-state index contributed by atoms with van der Waals surface area (Å²) in [7, 11) is 0. The average molecular weight is 565 g/mol. The Morgan fingerprint density at radius 3 is 2.55 bits per heavy atom. The molecule has 216 valence electrons. The third kappa shape index (κ3) is 5.41. The van der Waals surface area contributed by atoms with Crippen LogP contribution in [0.5, 0.6) is 5.75 Å². The Balaban J connectivity index is 1.52. The normalized spacial score (nSPS) is 26.2. The van der Waals surface area contributed by atoms with Gasteiger partial charge in [0.25, 0.3) is 5.91 Å². The summed E-state index contributed by atoms with van der Waals surface area (Å²) in [6.07, 6.45) is -3.60. The monoisotopic (exact) mass is 564 g/mol. The fraction of sp³-hybridized carbons (Fsp3) is 0.615. The maximum absolute atomic E-state index is 13.6. The third-order valence-corrected chi connectivity index (χ3v) is 7.93. The fourth-order valence-electron chi connectivity index (χ4n) is 5.61. The van der Waals surface area contributed by atoms with Gasteiger partial charge in [-0.2, -0.15) is 18.4 Å². The van der Waals surface area contributed by atoms with E-state index in [1.54, 1.807) is 11.4 Å². The second kappa shape index (κ2) is 9.94. The summed E-state index contributed by atoms with van der Waals surface area (Å²) >= 11 is 0. The van der Waals surface area contributed by atoms with Gasteiger partial charge in [0.1, 0.15) is 29.6 Å². The van der Waals surface area contributed by atoms with Gasteiger partial charge in [-0.25, -0.2) is 0 Å². The smallest absolute Gasteiger partial charge is 0.471 e. The standard InChI is InChI=1S/C26H31F3N6O5/c1-24(2,3)19(34-23(39)26(27,28)29)22(38)35-11-13-17(25(13,4)5)18(35)21(37)32-12(9-30)8-16-20(36)33-14-10-31-7-6-15(14)40-16/h6-7,10,12-13,16-19H,8,11H2,1-5H3,(H,32,37)(H,33,36)(H,34,39)/t12-,13-,16-,17-,18-,19+/m0/s1. The number of anilines is 1. The summed E-state index contributed by atoms with van der Waals surface area (Å²) in [5.41, 5.74) is -1.06. The number of amides is 4. The Morgan fingerprint density at radius 1 is 1.27 bits per heavy atom. The van der Waals surface area contributed by atoms with E-state index in [0.717, 1.165) is 0 Å². The maximum Gasteiger partial charge on any atom is 0.471 e. The van der Waals surface area contributed by atoms with Gasteiger partial charge in [-0.3, -0.25) is 24.2 Å². The highest BCUT2D eigenvalue weighted by atomic mass is 19.4. The molecule has 11 nitrogen and oxygen atoms in total. The van der Waals surface area contributed by atoms with Gasteiger partial charge >= 0.3 is 12.1 Å². The third-order valence-electron chi connectivity index (χ3n) is 7.93. The summed E-state index contributed by atoms with van der Waals surface area (Å²) in [5, 5.41) is 16.8. The van der Waals surface area contributed by atoms with Crippen molar-refractivity contribution in [2.24, 2.45) is 22.7 Å². The highest BCUT2D eigenvalue weighted by Gasteiger charge is 2.70. The van der Waals surface area contributed by atoms with Crippen LogP contribution in [0.15, 0.2) is 18.5 Å². The zero-order valence-electron chi connectivity index (χ0n) is 22.6. The molecule has 1 aliphatic carbocycles. The molecular weight excluding hydrogens is 533 g/mol. The zero-order chi connectivity index (χ0) is 29.8. The number of halogens is 3. The number of hydrogen-bond donors (Lipinski definition) is 3. The van der Waals surface area contributed by atoms with Crippen LogP contribution in [0.3, 0.4) is 0 Å². The van der Waals surface area contributed by atoms with E-state index < -0.39 is 59.4 Å². The molecule has 0 radical (unpaired) electrons. The molecule has 40 heavy (non-hydrogen) atoms. The number of fused-ring (bicyclic) bond motifs is 2. The molecule has 0 bridgehead atoms. The van der Waals surface area contributed by atoms with E-state index in [0.29, 0.717) is 11.4 Å². The molecule has 1 aromatic rings. The van der Waals surface area contributed by atoms with Crippen LogP contribution >= 0.6 is 0 Å². The minimum absolute atomic E-state index is 0.0933. The van der Waals surface area contributed by atoms with E-state index in [1.807, 2.05) is 19.9 Å². The number of nitrogens with one attached hydrogen (secondary N) is 3. The topological polar surface area (TPSA) is 154 Å². The first-order valence-electron chi connectivity index (χ1n) is 12.8. The van der Waals surface area contributed by atoms with Crippen molar-refractivity contribution in [3.8, 4) is 11.8 Å². The molecule has 4 amide bonds. The van der Waals surface area contributed by atoms with Crippen molar-refractivity contribution < 1.29 is 37.1 Å². The first kappa shape index (κ1) is 29.1. The van der Waals surface area contributed by atoms with Crippen molar-refractivity contribution in [3.05, 3.63) is 18.5 Å². The Labute approximate surface area is 228 Å². The Hall–Kier alpha value is -3.89. The van der Waals surface area contributed by atoms with Crippen LogP contribution in [0.4, 0.5) is 18.9 Å². The fourth-order valence-corrected chi connectivity index (χ4v) is 5.61. The van der Waals surface area contributed by atoms with Gasteiger partial charge < -0.3 is 25.6 Å². The van der Waals surface area contributed by atoms with Crippen molar-refractivity contribution >= 4 is 29.3 Å². The van der Waals surface area contributed by atoms with Crippen molar-refractivity contribution in [3.63, 3.8) is 0 Å². The zero-order valence-corrected chi connectivity index (χ0v) is 22.6. The molecule has 3 aliphatic rings. The number of carbonyl (C=O) groups excluding carboxylic acids is 4. The number of likely N-dealkylation sites (tertiary alicyclic amines) is 1. The van der Waals surface area contributed by atoms with Crippen LogP contribution in [-0.2, 0) is 19.2 Å². The minimum atomic E-state index is -5.19. The van der Waals surface area contributed by atoms with E-state index >= 15 is 0 Å². The molecule has 0 spiro atoms. The van der Waals surface area contributed by atoms with Gasteiger partial charge in [-0.1, -0.05) is 34.6 Å². The lowest BCUT2D eigenvalue weighted by Gasteiger charge is -2.38. The van der Waals surface area contributed by atoms with Gasteiger partial charge in [0.15, 0.2) is 6.10 Å². The number of pyridine rings is 1. The second-order valence-electron chi connectivity index (χ2n) is 12.1. The summed E-state index contributed by atoms with van der Waals surface area (Å²) in [6, 6.07) is -0.325. The number of hydrogen-bond acceptors (Lipinski definition) is 7. The molecule has 4 rings (SSSR count). The van der Waals surface area contributed by atoms with Crippen LogP contribution < -0.4 is 20.7 Å². The largest absolute Gasteiger partial charge is 0.478 e. The molecule has 14 heteroatoms. The van der Waals surface area contributed by atoms with E-state index in [2.05, 4.69) is 15.6 Å². The van der Waals surface area contributed by atoms with Gasteiger partial charge in [0, 0.05) is 25.2 Å². The lowest BCUT2D eigenvalue weighted by Crippen LogP contribution is -2.61. The van der Waals surface area contributed by atoms with Crippen LogP contribution in [0.2, 0.25) is 0 Å². The van der Waals surface area contributed by atoms with E-state index in [9.17, 15) is 37.6 Å². The van der Waals surface area contributed by atoms with Crippen molar-refractivity contribution in [1.29, 1.82) is 5.26 Å². The first-order chi connectivity index (χ1) is 18.5. The molecule has 1 saturated heterocycles. The number of carbonyl (C=O) groups is 4. The molecule has 1 saturated carbocycles. The predicted molar refractivity (Wildman–Crippen MR) is 133 cm³/mol. The van der Waals surface area contributed by atoms with Gasteiger partial charge in [-0.05, 0) is 22.7 Å². The maximum atomic E-state index is 13.6. The van der Waals surface area contributed by atoms with E-state index in [4.69, 9.17) is 4.74 Å². The number of nitriles is 1. The average Bonchev–Trinajstić information content (AvgIpc) is 3.18. The molecule has 1 aromatic heterocycles. The van der Waals surface area contributed by atoms with E-state index in [1.165, 1.54) is 38.1 Å². The van der Waals surface area contributed by atoms with Crippen LogP contribution in [-0.4, -0.2) is 70.5 Å². The molecule has 3 N–H and O–H groups in total.